The Kier molecular flexibility index (Phi) is 4.97. The van der Waals surface area contributed by atoms with Crippen LogP contribution >= 0.6 is 11.6 Å². The molecule has 2 heterocycles. The molecule has 1 fully saturated rings. The van der Waals surface area contributed by atoms with E-state index in [0.717, 1.165) is 28.1 Å². The predicted molar refractivity (Wildman–Crippen MR) is 105 cm³/mol. The Balaban J connectivity index is 1.65. The zero-order chi connectivity index (χ0) is 19.1. The van der Waals surface area contributed by atoms with Crippen molar-refractivity contribution in [3.8, 4) is 0 Å². The second kappa shape index (κ2) is 7.27. The van der Waals surface area contributed by atoms with Crippen LogP contribution in [0.4, 0.5) is 0 Å². The molecular formula is C22H24ClNO3. The predicted octanol–water partition coefficient (Wildman–Crippen LogP) is 3.65. The van der Waals surface area contributed by atoms with E-state index in [1.165, 1.54) is 16.7 Å². The molecule has 0 radical (unpaired) electrons. The fourth-order valence-corrected chi connectivity index (χ4v) is 4.24. The van der Waals surface area contributed by atoms with E-state index >= 15 is 0 Å². The van der Waals surface area contributed by atoms with Gasteiger partial charge < -0.3 is 14.7 Å². The van der Waals surface area contributed by atoms with E-state index in [-0.39, 0.29) is 11.9 Å². The molecule has 2 aromatic rings. The highest BCUT2D eigenvalue weighted by atomic mass is 35.5. The molecule has 0 unspecified atom stereocenters. The number of fused-ring (bicyclic) bond motifs is 1. The number of aliphatic hydroxyl groups excluding tert-OH is 1. The molecule has 0 saturated carbocycles. The smallest absolute Gasteiger partial charge is 0.254 e. The molecule has 0 aliphatic carbocycles. The summed E-state index contributed by atoms with van der Waals surface area (Å²) in [6.45, 7) is 5.70. The van der Waals surface area contributed by atoms with E-state index in [9.17, 15) is 9.90 Å². The van der Waals surface area contributed by atoms with Gasteiger partial charge in [0, 0.05) is 23.7 Å². The number of amides is 1. The van der Waals surface area contributed by atoms with Crippen LogP contribution in [-0.4, -0.2) is 41.3 Å². The van der Waals surface area contributed by atoms with E-state index in [2.05, 4.69) is 13.8 Å². The van der Waals surface area contributed by atoms with E-state index in [1.54, 1.807) is 4.90 Å². The molecule has 5 heteroatoms. The Morgan fingerprint density at radius 3 is 2.67 bits per heavy atom. The monoisotopic (exact) mass is 385 g/mol. The summed E-state index contributed by atoms with van der Waals surface area (Å²) >= 11 is 5.99. The summed E-state index contributed by atoms with van der Waals surface area (Å²) in [6, 6.07) is 9.60. The van der Waals surface area contributed by atoms with Crippen molar-refractivity contribution < 1.29 is 14.6 Å². The first kappa shape index (κ1) is 18.5. The van der Waals surface area contributed by atoms with Crippen LogP contribution in [0.1, 0.15) is 44.6 Å². The number of rotatable bonds is 3. The van der Waals surface area contributed by atoms with Gasteiger partial charge in [-0.15, -0.1) is 0 Å². The molecule has 2 aliphatic heterocycles. The first-order valence-corrected chi connectivity index (χ1v) is 9.76. The first-order valence-electron chi connectivity index (χ1n) is 9.39. The van der Waals surface area contributed by atoms with Gasteiger partial charge >= 0.3 is 0 Å². The molecule has 0 aromatic heterocycles. The Hall–Kier alpha value is -1.88. The Morgan fingerprint density at radius 1 is 1.22 bits per heavy atom. The normalized spacial score (nSPS) is 22.2. The van der Waals surface area contributed by atoms with Crippen LogP contribution in [0.5, 0.6) is 0 Å². The molecule has 142 valence electrons. The van der Waals surface area contributed by atoms with Gasteiger partial charge in [-0.3, -0.25) is 4.79 Å². The van der Waals surface area contributed by atoms with Crippen LogP contribution in [0.3, 0.4) is 0 Å². The minimum atomic E-state index is -0.521. The molecule has 2 aromatic carbocycles. The van der Waals surface area contributed by atoms with Crippen molar-refractivity contribution in [3.63, 3.8) is 0 Å². The molecule has 0 spiro atoms. The Bertz CT molecular complexity index is 878. The van der Waals surface area contributed by atoms with Crippen molar-refractivity contribution in [2.75, 3.05) is 13.2 Å². The zero-order valence-corrected chi connectivity index (χ0v) is 16.4. The number of ether oxygens (including phenoxy) is 1. The maximum atomic E-state index is 13.1. The number of carbonyl (C=O) groups excluding carboxylic acids is 1. The van der Waals surface area contributed by atoms with Crippen LogP contribution in [-0.2, 0) is 17.7 Å². The summed E-state index contributed by atoms with van der Waals surface area (Å²) < 4.78 is 5.51. The summed E-state index contributed by atoms with van der Waals surface area (Å²) in [6.07, 6.45) is 0.816. The van der Waals surface area contributed by atoms with Gasteiger partial charge in [-0.25, -0.2) is 0 Å². The number of aliphatic hydroxyl groups is 1. The lowest BCUT2D eigenvalue weighted by atomic mass is 9.91. The molecule has 4 nitrogen and oxygen atoms in total. The van der Waals surface area contributed by atoms with Crippen molar-refractivity contribution in [2.45, 2.75) is 45.4 Å². The summed E-state index contributed by atoms with van der Waals surface area (Å²) in [5.74, 6) is 0.00000567. The molecule has 0 bridgehead atoms. The van der Waals surface area contributed by atoms with Crippen molar-refractivity contribution in [2.24, 2.45) is 0 Å². The molecular weight excluding hydrogens is 362 g/mol. The van der Waals surface area contributed by atoms with E-state index in [4.69, 9.17) is 16.3 Å². The third-order valence-electron chi connectivity index (χ3n) is 5.96. The fourth-order valence-electron chi connectivity index (χ4n) is 4.11. The number of hydrogen-bond donors (Lipinski definition) is 1. The number of hydrogen-bond acceptors (Lipinski definition) is 3. The van der Waals surface area contributed by atoms with Crippen molar-refractivity contribution in [3.05, 3.63) is 68.7 Å². The largest absolute Gasteiger partial charge is 0.391 e. The summed E-state index contributed by atoms with van der Waals surface area (Å²) in [5, 5.41) is 11.1. The Morgan fingerprint density at radius 2 is 1.96 bits per heavy atom. The maximum Gasteiger partial charge on any atom is 0.254 e. The lowest BCUT2D eigenvalue weighted by Gasteiger charge is -2.34. The molecule has 1 N–H and O–H groups in total. The highest BCUT2D eigenvalue weighted by Gasteiger charge is 2.38. The summed E-state index contributed by atoms with van der Waals surface area (Å²) in [5.41, 5.74) is 6.55. The third kappa shape index (κ3) is 3.38. The number of benzene rings is 2. The highest BCUT2D eigenvalue weighted by Crippen LogP contribution is 2.33. The van der Waals surface area contributed by atoms with Crippen LogP contribution in [0, 0.1) is 13.8 Å². The van der Waals surface area contributed by atoms with E-state index < -0.39 is 6.10 Å². The van der Waals surface area contributed by atoms with Gasteiger partial charge in [-0.2, -0.15) is 0 Å². The van der Waals surface area contributed by atoms with Crippen LogP contribution in [0.2, 0.25) is 5.02 Å². The highest BCUT2D eigenvalue weighted by molar-refractivity contribution is 6.30. The molecule has 2 atom stereocenters. The number of nitrogens with zero attached hydrogens (tertiary/aromatic N) is 1. The van der Waals surface area contributed by atoms with E-state index in [1.807, 2.05) is 30.3 Å². The Labute approximate surface area is 164 Å². The van der Waals surface area contributed by atoms with Crippen LogP contribution in [0.15, 0.2) is 30.3 Å². The quantitative estimate of drug-likeness (QED) is 0.877. The minimum Gasteiger partial charge on any atom is -0.391 e. The van der Waals surface area contributed by atoms with Gasteiger partial charge in [-0.05, 0) is 72.7 Å². The first-order chi connectivity index (χ1) is 13.0. The van der Waals surface area contributed by atoms with Gasteiger partial charge in [0.05, 0.1) is 18.8 Å². The van der Waals surface area contributed by atoms with E-state index in [0.29, 0.717) is 26.2 Å². The van der Waals surface area contributed by atoms with Gasteiger partial charge in [-0.1, -0.05) is 23.7 Å². The second-order valence-electron chi connectivity index (χ2n) is 7.55. The maximum absolute atomic E-state index is 13.1. The molecule has 2 aliphatic rings. The van der Waals surface area contributed by atoms with Crippen LogP contribution in [0.25, 0.3) is 0 Å². The lowest BCUT2D eigenvalue weighted by Crippen LogP contribution is -2.49. The van der Waals surface area contributed by atoms with Crippen molar-refractivity contribution in [1.82, 2.24) is 4.90 Å². The standard InChI is InChI=1S/C22H24ClNO3/c1-13-14(2)19-11-24(20-12-27-8-7-21(20)25)22(26)18(19)10-16(13)9-15-3-5-17(23)6-4-15/h3-6,10,20-21,25H,7-9,11-12H2,1-2H3/t20-,21-/m0/s1. The average Bonchev–Trinajstić information content (AvgIpc) is 2.98. The van der Waals surface area contributed by atoms with Crippen molar-refractivity contribution >= 4 is 17.5 Å². The molecule has 1 amide bonds. The molecule has 4 rings (SSSR count). The average molecular weight is 386 g/mol. The minimum absolute atomic E-state index is 0.00000567. The lowest BCUT2D eigenvalue weighted by molar-refractivity contribution is -0.0528. The fraction of sp³-hybridized carbons (Fsp3) is 0.409. The summed E-state index contributed by atoms with van der Waals surface area (Å²) in [7, 11) is 0. The van der Waals surface area contributed by atoms with Gasteiger partial charge in [0.25, 0.3) is 5.91 Å². The van der Waals surface area contributed by atoms with Gasteiger partial charge in [0.2, 0.25) is 0 Å². The van der Waals surface area contributed by atoms with Gasteiger partial charge in [0.1, 0.15) is 0 Å². The van der Waals surface area contributed by atoms with Gasteiger partial charge in [0.15, 0.2) is 0 Å². The zero-order valence-electron chi connectivity index (χ0n) is 15.7. The van der Waals surface area contributed by atoms with Crippen molar-refractivity contribution in [1.29, 1.82) is 0 Å². The van der Waals surface area contributed by atoms with Crippen LogP contribution < -0.4 is 0 Å². The third-order valence-corrected chi connectivity index (χ3v) is 6.21. The number of carbonyl (C=O) groups is 1. The number of halogens is 1. The second-order valence-corrected chi connectivity index (χ2v) is 7.98. The molecule has 1 saturated heterocycles. The SMILES string of the molecule is Cc1c(Cc2ccc(Cl)cc2)cc2c(c1C)CN([C@H]1COCC[C@@H]1O)C2=O. The summed E-state index contributed by atoms with van der Waals surface area (Å²) in [4.78, 5) is 14.9. The molecule has 27 heavy (non-hydrogen) atoms. The topological polar surface area (TPSA) is 49.8 Å².